The SMILES string of the molecule is CS(=O)(=O)c1ccccc1S(=O)(=O)NCCc1ccccc1F. The molecule has 0 unspecified atom stereocenters. The smallest absolute Gasteiger partial charge is 0.224 e. The summed E-state index contributed by atoms with van der Waals surface area (Å²) >= 11 is 0. The van der Waals surface area contributed by atoms with Crippen molar-refractivity contribution < 1.29 is 21.2 Å². The molecule has 8 heteroatoms. The summed E-state index contributed by atoms with van der Waals surface area (Å²) in [6.07, 6.45) is 1.10. The second kappa shape index (κ2) is 6.77. The van der Waals surface area contributed by atoms with Gasteiger partial charge in [-0.15, -0.1) is 0 Å². The van der Waals surface area contributed by atoms with E-state index in [2.05, 4.69) is 4.72 Å². The average Bonchev–Trinajstić information content (AvgIpc) is 2.48. The summed E-state index contributed by atoms with van der Waals surface area (Å²) in [4.78, 5) is -0.575. The van der Waals surface area contributed by atoms with E-state index < -0.39 is 25.7 Å². The van der Waals surface area contributed by atoms with E-state index in [1.54, 1.807) is 18.2 Å². The van der Waals surface area contributed by atoms with E-state index in [1.165, 1.54) is 30.3 Å². The molecule has 0 radical (unpaired) electrons. The van der Waals surface area contributed by atoms with Crippen LogP contribution in [0.3, 0.4) is 0 Å². The Morgan fingerprint density at radius 2 is 1.48 bits per heavy atom. The van der Waals surface area contributed by atoms with Gasteiger partial charge in [-0.1, -0.05) is 30.3 Å². The van der Waals surface area contributed by atoms with Crippen LogP contribution in [-0.4, -0.2) is 29.6 Å². The summed E-state index contributed by atoms with van der Waals surface area (Å²) in [6.45, 7) is -0.0403. The summed E-state index contributed by atoms with van der Waals surface area (Å²) in [5.74, 6) is -0.414. The largest absolute Gasteiger partial charge is 0.241 e. The number of hydrogen-bond acceptors (Lipinski definition) is 4. The molecular formula is C15H16FNO4S2. The quantitative estimate of drug-likeness (QED) is 0.854. The second-order valence-electron chi connectivity index (χ2n) is 4.96. The number of sulfonamides is 1. The Labute approximate surface area is 135 Å². The third kappa shape index (κ3) is 4.37. The Hall–Kier alpha value is -1.77. The van der Waals surface area contributed by atoms with E-state index in [4.69, 9.17) is 0 Å². The molecule has 0 heterocycles. The zero-order valence-corrected chi connectivity index (χ0v) is 14.0. The zero-order chi connectivity index (χ0) is 17.1. The highest BCUT2D eigenvalue weighted by atomic mass is 32.2. The maximum Gasteiger partial charge on any atom is 0.241 e. The Balaban J connectivity index is 2.19. The van der Waals surface area contributed by atoms with Gasteiger partial charge in [-0.05, 0) is 30.2 Å². The van der Waals surface area contributed by atoms with Crippen molar-refractivity contribution in [2.24, 2.45) is 0 Å². The maximum atomic E-state index is 13.5. The molecule has 0 spiro atoms. The van der Waals surface area contributed by atoms with Crippen LogP contribution in [0.15, 0.2) is 58.3 Å². The molecule has 0 saturated heterocycles. The molecule has 2 aromatic carbocycles. The number of nitrogens with one attached hydrogen (secondary N) is 1. The van der Waals surface area contributed by atoms with Gasteiger partial charge in [-0.3, -0.25) is 0 Å². The molecule has 23 heavy (non-hydrogen) atoms. The van der Waals surface area contributed by atoms with E-state index >= 15 is 0 Å². The summed E-state index contributed by atoms with van der Waals surface area (Å²) in [5.41, 5.74) is 0.381. The van der Waals surface area contributed by atoms with Gasteiger partial charge >= 0.3 is 0 Å². The molecule has 2 rings (SSSR count). The first kappa shape index (κ1) is 17.6. The first-order valence-corrected chi connectivity index (χ1v) is 10.1. The van der Waals surface area contributed by atoms with Crippen molar-refractivity contribution in [1.82, 2.24) is 4.72 Å². The maximum absolute atomic E-state index is 13.5. The fraction of sp³-hybridized carbons (Fsp3) is 0.200. The van der Waals surface area contributed by atoms with Crippen LogP contribution < -0.4 is 4.72 Å². The van der Waals surface area contributed by atoms with Crippen LogP contribution in [0, 0.1) is 5.82 Å². The van der Waals surface area contributed by atoms with Crippen molar-refractivity contribution >= 4 is 19.9 Å². The summed E-state index contributed by atoms with van der Waals surface area (Å²) in [6, 6.07) is 11.4. The molecule has 0 aliphatic carbocycles. The average molecular weight is 357 g/mol. The molecule has 5 nitrogen and oxygen atoms in total. The van der Waals surface area contributed by atoms with Gasteiger partial charge in [0.25, 0.3) is 0 Å². The fourth-order valence-corrected chi connectivity index (χ4v) is 4.74. The topological polar surface area (TPSA) is 80.3 Å². The number of rotatable bonds is 6. The van der Waals surface area contributed by atoms with Crippen molar-refractivity contribution in [3.63, 3.8) is 0 Å². The minimum absolute atomic E-state index is 0.0403. The Morgan fingerprint density at radius 1 is 0.913 bits per heavy atom. The lowest BCUT2D eigenvalue weighted by Gasteiger charge is -2.10. The summed E-state index contributed by atoms with van der Waals surface area (Å²) < 4.78 is 63.8. The van der Waals surface area contributed by atoms with Gasteiger partial charge in [0.15, 0.2) is 9.84 Å². The first-order valence-electron chi connectivity index (χ1n) is 6.74. The van der Waals surface area contributed by atoms with Gasteiger partial charge in [0.2, 0.25) is 10.0 Å². The summed E-state index contributed by atoms with van der Waals surface area (Å²) in [7, 11) is -7.69. The molecule has 0 fully saturated rings. The van der Waals surface area contributed by atoms with Gasteiger partial charge in [-0.25, -0.2) is 25.9 Å². The molecule has 0 saturated carbocycles. The molecule has 2 aromatic rings. The molecule has 1 N–H and O–H groups in total. The van der Waals surface area contributed by atoms with Crippen molar-refractivity contribution in [3.05, 3.63) is 59.9 Å². The van der Waals surface area contributed by atoms with Crippen molar-refractivity contribution in [1.29, 1.82) is 0 Å². The van der Waals surface area contributed by atoms with E-state index in [0.29, 0.717) is 5.56 Å². The standard InChI is InChI=1S/C15H16FNO4S2/c1-22(18,19)14-8-4-5-9-15(14)23(20,21)17-11-10-12-6-2-3-7-13(12)16/h2-9,17H,10-11H2,1H3. The van der Waals surface area contributed by atoms with Gasteiger partial charge in [0.1, 0.15) is 10.7 Å². The van der Waals surface area contributed by atoms with Crippen LogP contribution in [0.2, 0.25) is 0 Å². The van der Waals surface area contributed by atoms with Crippen LogP contribution in [0.1, 0.15) is 5.56 Å². The van der Waals surface area contributed by atoms with Crippen molar-refractivity contribution in [2.45, 2.75) is 16.2 Å². The van der Waals surface area contributed by atoms with Gasteiger partial charge in [-0.2, -0.15) is 0 Å². The molecule has 0 bridgehead atoms. The predicted molar refractivity (Wildman–Crippen MR) is 84.8 cm³/mol. The van der Waals surface area contributed by atoms with Crippen LogP contribution in [-0.2, 0) is 26.3 Å². The highest BCUT2D eigenvalue weighted by Gasteiger charge is 2.23. The number of benzene rings is 2. The molecule has 0 amide bonds. The van der Waals surface area contributed by atoms with Crippen LogP contribution in [0.4, 0.5) is 4.39 Å². The minimum Gasteiger partial charge on any atom is -0.224 e. The lowest BCUT2D eigenvalue weighted by atomic mass is 10.1. The molecule has 0 atom stereocenters. The molecule has 0 aliphatic heterocycles. The van der Waals surface area contributed by atoms with Gasteiger partial charge in [0, 0.05) is 12.8 Å². The Bertz CT molecular complexity index is 909. The molecule has 0 aromatic heterocycles. The molecular weight excluding hydrogens is 341 g/mol. The van der Waals surface area contributed by atoms with E-state index in [-0.39, 0.29) is 22.8 Å². The number of hydrogen-bond donors (Lipinski definition) is 1. The van der Waals surface area contributed by atoms with Crippen molar-refractivity contribution in [3.8, 4) is 0 Å². The highest BCUT2D eigenvalue weighted by Crippen LogP contribution is 2.20. The van der Waals surface area contributed by atoms with Crippen LogP contribution in [0.5, 0.6) is 0 Å². The highest BCUT2D eigenvalue weighted by molar-refractivity contribution is 7.93. The van der Waals surface area contributed by atoms with E-state index in [1.807, 2.05) is 0 Å². The number of halogens is 1. The Morgan fingerprint density at radius 3 is 2.09 bits per heavy atom. The molecule has 0 aliphatic rings. The molecule has 124 valence electrons. The second-order valence-corrected chi connectivity index (χ2v) is 8.68. The zero-order valence-electron chi connectivity index (χ0n) is 12.4. The lowest BCUT2D eigenvalue weighted by molar-refractivity contribution is 0.571. The normalized spacial score (nSPS) is 12.3. The fourth-order valence-electron chi connectivity index (χ4n) is 2.08. The van der Waals surface area contributed by atoms with Gasteiger partial charge in [0.05, 0.1) is 4.90 Å². The monoisotopic (exact) mass is 357 g/mol. The van der Waals surface area contributed by atoms with E-state index in [9.17, 15) is 21.2 Å². The predicted octanol–water partition coefficient (Wildman–Crippen LogP) is 1.75. The van der Waals surface area contributed by atoms with Crippen molar-refractivity contribution in [2.75, 3.05) is 12.8 Å². The van der Waals surface area contributed by atoms with E-state index in [0.717, 1.165) is 6.26 Å². The Kier molecular flexibility index (Phi) is 5.18. The lowest BCUT2D eigenvalue weighted by Crippen LogP contribution is -2.27. The third-order valence-corrected chi connectivity index (χ3v) is 5.99. The third-order valence-electron chi connectivity index (χ3n) is 3.18. The number of sulfone groups is 1. The van der Waals surface area contributed by atoms with Crippen LogP contribution in [0.25, 0.3) is 0 Å². The minimum atomic E-state index is -4.01. The first-order chi connectivity index (χ1) is 10.7. The van der Waals surface area contributed by atoms with Gasteiger partial charge < -0.3 is 0 Å². The summed E-state index contributed by atoms with van der Waals surface area (Å²) in [5, 5.41) is 0. The van der Waals surface area contributed by atoms with Crippen LogP contribution >= 0.6 is 0 Å².